The molecule has 0 aromatic heterocycles. The van der Waals surface area contributed by atoms with E-state index in [4.69, 9.17) is 5.14 Å². The number of carbonyl (C=O) groups excluding carboxylic acids is 2. The summed E-state index contributed by atoms with van der Waals surface area (Å²) in [6, 6.07) is 6.16. The standard InChI is InChI=1S/C16H25N3O4S/c1-3-4-11-19(2)16(21)12-15(20)18-10-9-13-5-7-14(8-6-13)24(17,22)23/h5-8H,3-4,9-12H2,1-2H3,(H,18,20)(H2,17,22,23). The van der Waals surface area contributed by atoms with Crippen LogP contribution in [0.4, 0.5) is 0 Å². The van der Waals surface area contributed by atoms with Crippen molar-refractivity contribution >= 4 is 21.8 Å². The van der Waals surface area contributed by atoms with Crippen LogP contribution in [0.25, 0.3) is 0 Å². The molecule has 0 atom stereocenters. The number of carbonyl (C=O) groups is 2. The second-order valence-corrected chi connectivity index (χ2v) is 7.20. The number of sulfonamides is 1. The summed E-state index contributed by atoms with van der Waals surface area (Å²) < 4.78 is 22.3. The highest BCUT2D eigenvalue weighted by Gasteiger charge is 2.13. The van der Waals surface area contributed by atoms with E-state index in [1.807, 2.05) is 6.92 Å². The molecule has 0 radical (unpaired) electrons. The highest BCUT2D eigenvalue weighted by atomic mass is 32.2. The van der Waals surface area contributed by atoms with Gasteiger partial charge in [0.15, 0.2) is 0 Å². The van der Waals surface area contributed by atoms with E-state index in [2.05, 4.69) is 5.32 Å². The Balaban J connectivity index is 2.36. The average molecular weight is 355 g/mol. The summed E-state index contributed by atoms with van der Waals surface area (Å²) in [5.41, 5.74) is 0.870. The van der Waals surface area contributed by atoms with Crippen molar-refractivity contribution in [3.8, 4) is 0 Å². The monoisotopic (exact) mass is 355 g/mol. The van der Waals surface area contributed by atoms with Crippen molar-refractivity contribution < 1.29 is 18.0 Å². The molecule has 0 saturated carbocycles. The average Bonchev–Trinajstić information content (AvgIpc) is 2.52. The Morgan fingerprint density at radius 1 is 1.21 bits per heavy atom. The molecule has 0 unspecified atom stereocenters. The van der Waals surface area contributed by atoms with E-state index in [1.54, 1.807) is 24.1 Å². The quantitative estimate of drug-likeness (QED) is 0.633. The number of nitrogens with zero attached hydrogens (tertiary/aromatic N) is 1. The van der Waals surface area contributed by atoms with Gasteiger partial charge >= 0.3 is 0 Å². The number of nitrogens with two attached hydrogens (primary N) is 1. The van der Waals surface area contributed by atoms with Crippen LogP contribution >= 0.6 is 0 Å². The number of amides is 2. The van der Waals surface area contributed by atoms with Crippen LogP contribution in [-0.2, 0) is 26.0 Å². The van der Waals surface area contributed by atoms with E-state index in [1.165, 1.54) is 12.1 Å². The maximum atomic E-state index is 11.8. The van der Waals surface area contributed by atoms with Crippen LogP contribution in [0, 0.1) is 0 Å². The molecule has 1 rings (SSSR count). The van der Waals surface area contributed by atoms with Crippen molar-refractivity contribution in [2.75, 3.05) is 20.1 Å². The van der Waals surface area contributed by atoms with E-state index in [0.29, 0.717) is 19.5 Å². The smallest absolute Gasteiger partial charge is 0.238 e. The molecule has 3 N–H and O–H groups in total. The lowest BCUT2D eigenvalue weighted by Crippen LogP contribution is -2.34. The van der Waals surface area contributed by atoms with Crippen molar-refractivity contribution in [2.45, 2.75) is 37.5 Å². The molecular formula is C16H25N3O4S. The molecule has 2 amide bonds. The number of benzene rings is 1. The zero-order valence-electron chi connectivity index (χ0n) is 14.1. The minimum atomic E-state index is -3.69. The maximum absolute atomic E-state index is 11.8. The Morgan fingerprint density at radius 3 is 2.38 bits per heavy atom. The van der Waals surface area contributed by atoms with Crippen molar-refractivity contribution in [3.63, 3.8) is 0 Å². The van der Waals surface area contributed by atoms with Gasteiger partial charge < -0.3 is 10.2 Å². The molecule has 7 nitrogen and oxygen atoms in total. The fourth-order valence-electron chi connectivity index (χ4n) is 2.05. The first-order valence-corrected chi connectivity index (χ1v) is 9.41. The largest absolute Gasteiger partial charge is 0.355 e. The molecule has 0 saturated heterocycles. The number of unbranched alkanes of at least 4 members (excludes halogenated alkanes) is 1. The number of hydrogen-bond acceptors (Lipinski definition) is 4. The van der Waals surface area contributed by atoms with Gasteiger partial charge in [-0.2, -0.15) is 0 Å². The Hall–Kier alpha value is -1.93. The molecule has 0 aliphatic carbocycles. The van der Waals surface area contributed by atoms with Gasteiger partial charge in [0.1, 0.15) is 6.42 Å². The van der Waals surface area contributed by atoms with Crippen molar-refractivity contribution in [1.29, 1.82) is 0 Å². The van der Waals surface area contributed by atoms with Crippen molar-refractivity contribution in [3.05, 3.63) is 29.8 Å². The molecule has 134 valence electrons. The first kappa shape index (κ1) is 20.1. The van der Waals surface area contributed by atoms with Gasteiger partial charge in [0.05, 0.1) is 4.90 Å². The van der Waals surface area contributed by atoms with Crippen LogP contribution in [0.2, 0.25) is 0 Å². The Morgan fingerprint density at radius 2 is 1.83 bits per heavy atom. The predicted octanol–water partition coefficient (Wildman–Crippen LogP) is 0.641. The fourth-order valence-corrected chi connectivity index (χ4v) is 2.56. The van der Waals surface area contributed by atoms with Gasteiger partial charge in [-0.3, -0.25) is 9.59 Å². The van der Waals surface area contributed by atoms with Gasteiger partial charge in [-0.05, 0) is 30.5 Å². The molecule has 0 fully saturated rings. The number of hydrogen-bond donors (Lipinski definition) is 2. The number of nitrogens with one attached hydrogen (secondary N) is 1. The Kier molecular flexibility index (Phi) is 7.87. The van der Waals surface area contributed by atoms with Crippen LogP contribution in [0.1, 0.15) is 31.7 Å². The van der Waals surface area contributed by atoms with E-state index in [0.717, 1.165) is 18.4 Å². The summed E-state index contributed by atoms with van der Waals surface area (Å²) in [6.07, 6.45) is 2.29. The van der Waals surface area contributed by atoms with Gasteiger partial charge in [-0.25, -0.2) is 13.6 Å². The lowest BCUT2D eigenvalue weighted by atomic mass is 10.1. The normalized spacial score (nSPS) is 11.1. The zero-order valence-corrected chi connectivity index (χ0v) is 14.9. The van der Waals surface area contributed by atoms with Crippen LogP contribution in [0.5, 0.6) is 0 Å². The third-order valence-corrected chi connectivity index (χ3v) is 4.50. The molecule has 24 heavy (non-hydrogen) atoms. The number of rotatable bonds is 9. The molecule has 0 aliphatic rings. The van der Waals surface area contributed by atoms with Gasteiger partial charge in [0.2, 0.25) is 21.8 Å². The molecule has 0 aliphatic heterocycles. The number of primary sulfonamides is 1. The van der Waals surface area contributed by atoms with Crippen LogP contribution in [0.3, 0.4) is 0 Å². The Bertz CT molecular complexity index is 656. The van der Waals surface area contributed by atoms with E-state index >= 15 is 0 Å². The van der Waals surface area contributed by atoms with E-state index < -0.39 is 10.0 Å². The molecule has 0 spiro atoms. The van der Waals surface area contributed by atoms with E-state index in [9.17, 15) is 18.0 Å². The minimum absolute atomic E-state index is 0.0519. The summed E-state index contributed by atoms with van der Waals surface area (Å²) in [5.74, 6) is -0.511. The molecule has 0 bridgehead atoms. The fraction of sp³-hybridized carbons (Fsp3) is 0.500. The third kappa shape index (κ3) is 7.10. The summed E-state index contributed by atoms with van der Waals surface area (Å²) in [4.78, 5) is 25.2. The van der Waals surface area contributed by atoms with Gasteiger partial charge in [-0.15, -0.1) is 0 Å². The Labute approximate surface area is 143 Å². The molecule has 1 aromatic rings. The molecule has 0 heterocycles. The molecule has 8 heteroatoms. The molecular weight excluding hydrogens is 330 g/mol. The van der Waals surface area contributed by atoms with Gasteiger partial charge in [0.25, 0.3) is 0 Å². The molecule has 1 aromatic carbocycles. The third-order valence-electron chi connectivity index (χ3n) is 3.57. The summed E-state index contributed by atoms with van der Waals surface area (Å²) in [5, 5.41) is 7.72. The van der Waals surface area contributed by atoms with Crippen LogP contribution < -0.4 is 10.5 Å². The van der Waals surface area contributed by atoms with Gasteiger partial charge in [-0.1, -0.05) is 25.5 Å². The van der Waals surface area contributed by atoms with Crippen LogP contribution in [-0.4, -0.2) is 45.3 Å². The first-order chi connectivity index (χ1) is 11.2. The summed E-state index contributed by atoms with van der Waals surface area (Å²) in [7, 11) is -2.00. The predicted molar refractivity (Wildman–Crippen MR) is 91.7 cm³/mol. The topological polar surface area (TPSA) is 110 Å². The second kappa shape index (κ2) is 9.39. The lowest BCUT2D eigenvalue weighted by Gasteiger charge is -2.16. The first-order valence-electron chi connectivity index (χ1n) is 7.86. The van der Waals surface area contributed by atoms with Crippen molar-refractivity contribution in [2.24, 2.45) is 5.14 Å². The van der Waals surface area contributed by atoms with Crippen molar-refractivity contribution in [1.82, 2.24) is 10.2 Å². The summed E-state index contributed by atoms with van der Waals surface area (Å²) in [6.45, 7) is 3.07. The second-order valence-electron chi connectivity index (χ2n) is 5.63. The summed E-state index contributed by atoms with van der Waals surface area (Å²) >= 11 is 0. The van der Waals surface area contributed by atoms with Gasteiger partial charge in [0, 0.05) is 20.1 Å². The SMILES string of the molecule is CCCCN(C)C(=O)CC(=O)NCCc1ccc(S(N)(=O)=O)cc1. The minimum Gasteiger partial charge on any atom is -0.355 e. The highest BCUT2D eigenvalue weighted by Crippen LogP contribution is 2.08. The highest BCUT2D eigenvalue weighted by molar-refractivity contribution is 7.89. The lowest BCUT2D eigenvalue weighted by molar-refractivity contribution is -0.135. The maximum Gasteiger partial charge on any atom is 0.238 e. The van der Waals surface area contributed by atoms with Crippen LogP contribution in [0.15, 0.2) is 29.2 Å². The zero-order chi connectivity index (χ0) is 18.2. The van der Waals surface area contributed by atoms with E-state index in [-0.39, 0.29) is 23.1 Å².